The van der Waals surface area contributed by atoms with Crippen molar-refractivity contribution in [2.45, 2.75) is 25.0 Å². The second kappa shape index (κ2) is 7.65. The van der Waals surface area contributed by atoms with Crippen LogP contribution in [0.3, 0.4) is 0 Å². The molecule has 1 aromatic rings. The lowest BCUT2D eigenvalue weighted by Gasteiger charge is -2.12. The van der Waals surface area contributed by atoms with Gasteiger partial charge in [0.15, 0.2) is 0 Å². The Hall–Kier alpha value is -2.06. The first-order chi connectivity index (χ1) is 10.2. The Morgan fingerprint density at radius 3 is 2.76 bits per heavy atom. The maximum atomic E-state index is 11.8. The number of amides is 2. The molecule has 0 radical (unpaired) electrons. The van der Waals surface area contributed by atoms with E-state index >= 15 is 0 Å². The molecule has 4 N–H and O–H groups in total. The van der Waals surface area contributed by atoms with Crippen LogP contribution in [0.25, 0.3) is 0 Å². The molecule has 1 aliphatic rings. The molecule has 0 aromatic carbocycles. The molecule has 0 saturated carbocycles. The van der Waals surface area contributed by atoms with Crippen LogP contribution in [0.2, 0.25) is 0 Å². The molecule has 1 aromatic heterocycles. The smallest absolute Gasteiger partial charge is 0.271 e. The van der Waals surface area contributed by atoms with Crippen LogP contribution < -0.4 is 16.4 Å². The van der Waals surface area contributed by atoms with Crippen LogP contribution in [0.15, 0.2) is 18.6 Å². The van der Waals surface area contributed by atoms with Gasteiger partial charge >= 0.3 is 0 Å². The molecule has 0 bridgehead atoms. The van der Waals surface area contributed by atoms with Gasteiger partial charge in [0.05, 0.1) is 12.3 Å². The molecule has 8 heteroatoms. The van der Waals surface area contributed by atoms with Crippen molar-refractivity contribution < 1.29 is 14.3 Å². The van der Waals surface area contributed by atoms with E-state index in [1.165, 1.54) is 18.6 Å². The Morgan fingerprint density at radius 1 is 1.29 bits per heavy atom. The van der Waals surface area contributed by atoms with Crippen molar-refractivity contribution in [2.24, 2.45) is 5.73 Å². The van der Waals surface area contributed by atoms with Gasteiger partial charge < -0.3 is 21.1 Å². The number of ether oxygens (including phenoxy) is 1. The Bertz CT molecular complexity index is 482. The first kappa shape index (κ1) is 15.3. The third-order valence-electron chi connectivity index (χ3n) is 3.17. The van der Waals surface area contributed by atoms with Gasteiger partial charge in [0, 0.05) is 32.0 Å². The Labute approximate surface area is 122 Å². The fraction of sp³-hybridized carbons (Fsp3) is 0.538. The van der Waals surface area contributed by atoms with Gasteiger partial charge in [0.25, 0.3) is 5.91 Å². The van der Waals surface area contributed by atoms with E-state index in [1.807, 2.05) is 0 Å². The summed E-state index contributed by atoms with van der Waals surface area (Å²) in [4.78, 5) is 31.2. The molecule has 0 unspecified atom stereocenters. The number of hydrogen-bond acceptors (Lipinski definition) is 6. The zero-order chi connectivity index (χ0) is 15.1. The summed E-state index contributed by atoms with van der Waals surface area (Å²) in [5.41, 5.74) is 5.74. The van der Waals surface area contributed by atoms with E-state index in [2.05, 4.69) is 20.6 Å². The topological polar surface area (TPSA) is 119 Å². The number of nitrogens with two attached hydrogens (primary N) is 1. The highest BCUT2D eigenvalue weighted by atomic mass is 16.5. The summed E-state index contributed by atoms with van der Waals surface area (Å²) in [6.45, 7) is 1.07. The van der Waals surface area contributed by atoms with Gasteiger partial charge in [-0.3, -0.25) is 14.6 Å². The molecule has 2 amide bonds. The molecular formula is C13H19N5O3. The molecular weight excluding hydrogens is 274 g/mol. The molecule has 0 spiro atoms. The number of nitrogens with zero attached hydrogens (tertiary/aromatic N) is 2. The minimum atomic E-state index is -0.436. The number of carbonyl (C=O) groups is 2. The number of hydrogen-bond donors (Lipinski definition) is 3. The molecule has 2 rings (SSSR count). The second-order valence-corrected chi connectivity index (χ2v) is 4.70. The minimum Gasteiger partial charge on any atom is -0.364 e. The number of aromatic nitrogens is 2. The lowest BCUT2D eigenvalue weighted by Crippen LogP contribution is -2.40. The van der Waals surface area contributed by atoms with E-state index in [0.717, 1.165) is 6.42 Å². The van der Waals surface area contributed by atoms with E-state index in [1.54, 1.807) is 0 Å². The molecule has 2 atom stereocenters. The average molecular weight is 293 g/mol. The van der Waals surface area contributed by atoms with Crippen LogP contribution in [0, 0.1) is 0 Å². The van der Waals surface area contributed by atoms with Gasteiger partial charge in [-0.2, -0.15) is 0 Å². The van der Waals surface area contributed by atoms with Crippen molar-refractivity contribution in [3.8, 4) is 0 Å². The fourth-order valence-electron chi connectivity index (χ4n) is 2.05. The van der Waals surface area contributed by atoms with Crippen LogP contribution in [-0.4, -0.2) is 53.6 Å². The van der Waals surface area contributed by atoms with E-state index in [-0.39, 0.29) is 23.6 Å². The molecule has 2 heterocycles. The van der Waals surface area contributed by atoms with E-state index in [4.69, 9.17) is 10.5 Å². The minimum absolute atomic E-state index is 0.0305. The normalized spacial score (nSPS) is 21.0. The quantitative estimate of drug-likeness (QED) is 0.569. The van der Waals surface area contributed by atoms with Gasteiger partial charge in [-0.1, -0.05) is 0 Å². The second-order valence-electron chi connectivity index (χ2n) is 4.70. The standard InChI is InChI=1S/C13H19N5O3/c14-7-9-1-2-11(21-9)13(20)18-6-5-17-12(19)10-8-15-3-4-16-10/h3-4,8-9,11H,1-2,5-7,14H2,(H,17,19)(H,18,20)/t9-,11+/m1/s1. The summed E-state index contributed by atoms with van der Waals surface area (Å²) in [5.74, 6) is -0.489. The highest BCUT2D eigenvalue weighted by molar-refractivity contribution is 5.91. The van der Waals surface area contributed by atoms with E-state index in [0.29, 0.717) is 26.1 Å². The predicted octanol–water partition coefficient (Wildman–Crippen LogP) is -1.17. The highest BCUT2D eigenvalue weighted by Gasteiger charge is 2.29. The van der Waals surface area contributed by atoms with Crippen molar-refractivity contribution in [3.05, 3.63) is 24.3 Å². The maximum absolute atomic E-state index is 11.8. The first-order valence-corrected chi connectivity index (χ1v) is 6.88. The van der Waals surface area contributed by atoms with Crippen LogP contribution in [0.4, 0.5) is 0 Å². The average Bonchev–Trinajstić information content (AvgIpc) is 3.01. The van der Waals surface area contributed by atoms with Crippen molar-refractivity contribution in [1.82, 2.24) is 20.6 Å². The fourth-order valence-corrected chi connectivity index (χ4v) is 2.05. The van der Waals surface area contributed by atoms with Crippen LogP contribution in [-0.2, 0) is 9.53 Å². The molecule has 1 aliphatic heterocycles. The third-order valence-corrected chi connectivity index (χ3v) is 3.17. The number of nitrogens with one attached hydrogen (secondary N) is 2. The van der Waals surface area contributed by atoms with Gasteiger partial charge in [-0.25, -0.2) is 4.98 Å². The van der Waals surface area contributed by atoms with Gasteiger partial charge in [0.1, 0.15) is 11.8 Å². The summed E-state index contributed by atoms with van der Waals surface area (Å²) in [6, 6.07) is 0. The SMILES string of the molecule is NC[C@H]1CC[C@@H](C(=O)NCCNC(=O)c2cnccn2)O1. The van der Waals surface area contributed by atoms with Crippen LogP contribution in [0.5, 0.6) is 0 Å². The van der Waals surface area contributed by atoms with E-state index < -0.39 is 6.10 Å². The third kappa shape index (κ3) is 4.47. The zero-order valence-corrected chi connectivity index (χ0v) is 11.6. The summed E-state index contributed by atoms with van der Waals surface area (Å²) in [5, 5.41) is 5.37. The van der Waals surface area contributed by atoms with Crippen molar-refractivity contribution in [3.63, 3.8) is 0 Å². The molecule has 21 heavy (non-hydrogen) atoms. The summed E-state index contributed by atoms with van der Waals surface area (Å²) in [7, 11) is 0. The highest BCUT2D eigenvalue weighted by Crippen LogP contribution is 2.18. The van der Waals surface area contributed by atoms with Crippen molar-refractivity contribution >= 4 is 11.8 Å². The monoisotopic (exact) mass is 293 g/mol. The zero-order valence-electron chi connectivity index (χ0n) is 11.6. The molecule has 114 valence electrons. The van der Waals surface area contributed by atoms with Crippen LogP contribution >= 0.6 is 0 Å². The molecule has 1 fully saturated rings. The Morgan fingerprint density at radius 2 is 2.10 bits per heavy atom. The predicted molar refractivity (Wildman–Crippen MR) is 74.3 cm³/mol. The largest absolute Gasteiger partial charge is 0.364 e. The van der Waals surface area contributed by atoms with E-state index in [9.17, 15) is 9.59 Å². The number of carbonyl (C=O) groups excluding carboxylic acids is 2. The molecule has 0 aliphatic carbocycles. The summed E-state index contributed by atoms with van der Waals surface area (Å²) in [6.07, 6.45) is 5.34. The van der Waals surface area contributed by atoms with Crippen molar-refractivity contribution in [1.29, 1.82) is 0 Å². The van der Waals surface area contributed by atoms with Crippen molar-refractivity contribution in [2.75, 3.05) is 19.6 Å². The number of rotatable bonds is 6. The lowest BCUT2D eigenvalue weighted by atomic mass is 10.2. The Kier molecular flexibility index (Phi) is 5.59. The van der Waals surface area contributed by atoms with Gasteiger partial charge in [0.2, 0.25) is 5.91 Å². The van der Waals surface area contributed by atoms with Crippen LogP contribution in [0.1, 0.15) is 23.3 Å². The van der Waals surface area contributed by atoms with Gasteiger partial charge in [-0.15, -0.1) is 0 Å². The van der Waals surface area contributed by atoms with Gasteiger partial charge in [-0.05, 0) is 12.8 Å². The lowest BCUT2D eigenvalue weighted by molar-refractivity contribution is -0.131. The Balaban J connectivity index is 1.64. The first-order valence-electron chi connectivity index (χ1n) is 6.88. The molecule has 8 nitrogen and oxygen atoms in total. The molecule has 1 saturated heterocycles. The summed E-state index contributed by atoms with van der Waals surface area (Å²) >= 11 is 0. The maximum Gasteiger partial charge on any atom is 0.271 e. The summed E-state index contributed by atoms with van der Waals surface area (Å²) < 4.78 is 5.48.